The summed E-state index contributed by atoms with van der Waals surface area (Å²) in [5, 5.41) is -0.222. The first-order valence-electron chi connectivity index (χ1n) is 7.45. The molecule has 1 unspecified atom stereocenters. The van der Waals surface area contributed by atoms with Gasteiger partial charge in [-0.2, -0.15) is 0 Å². The Morgan fingerprint density at radius 1 is 0.783 bits per heavy atom. The minimum atomic E-state index is -1.19. The molecule has 0 spiro atoms. The molecule has 1 nitrogen and oxygen atoms in total. The summed E-state index contributed by atoms with van der Waals surface area (Å²) < 4.78 is 26.4. The van der Waals surface area contributed by atoms with Gasteiger partial charge < -0.3 is 0 Å². The Morgan fingerprint density at radius 2 is 1.35 bits per heavy atom. The summed E-state index contributed by atoms with van der Waals surface area (Å²) in [6.07, 6.45) is 0. The molecular formula is C20H17FOS. The van der Waals surface area contributed by atoms with Gasteiger partial charge in [0.05, 0.1) is 5.25 Å². The summed E-state index contributed by atoms with van der Waals surface area (Å²) in [7, 11) is -1.19. The summed E-state index contributed by atoms with van der Waals surface area (Å²) in [6, 6.07) is 26.0. The second-order valence-corrected chi connectivity index (χ2v) is 6.88. The molecule has 0 N–H and O–H groups in total. The van der Waals surface area contributed by atoms with E-state index >= 15 is 0 Å². The van der Waals surface area contributed by atoms with E-state index in [1.54, 1.807) is 6.07 Å². The van der Waals surface area contributed by atoms with Crippen molar-refractivity contribution < 1.29 is 8.60 Å². The molecule has 0 saturated heterocycles. The van der Waals surface area contributed by atoms with Gasteiger partial charge in [-0.15, -0.1) is 0 Å². The summed E-state index contributed by atoms with van der Waals surface area (Å²) in [5.41, 5.74) is 2.77. The minimum Gasteiger partial charge on any atom is -0.258 e. The lowest BCUT2D eigenvalue weighted by Crippen LogP contribution is -2.10. The summed E-state index contributed by atoms with van der Waals surface area (Å²) in [5.74, 6) is 0.0298. The molecular weight excluding hydrogens is 307 g/mol. The number of rotatable bonds is 5. The zero-order valence-electron chi connectivity index (χ0n) is 12.6. The zero-order chi connectivity index (χ0) is 16.1. The molecule has 1 atom stereocenters. The Labute approximate surface area is 138 Å². The van der Waals surface area contributed by atoms with Gasteiger partial charge in [0.15, 0.2) is 0 Å². The van der Waals surface area contributed by atoms with Crippen molar-refractivity contribution in [1.29, 1.82) is 0 Å². The zero-order valence-corrected chi connectivity index (χ0v) is 13.4. The predicted molar refractivity (Wildman–Crippen MR) is 93.0 cm³/mol. The molecule has 0 bridgehead atoms. The number of hydrogen-bond acceptors (Lipinski definition) is 1. The fourth-order valence-electron chi connectivity index (χ4n) is 2.63. The molecule has 0 saturated carbocycles. The molecule has 3 aromatic rings. The third-order valence-corrected chi connectivity index (χ3v) is 5.35. The topological polar surface area (TPSA) is 17.1 Å². The largest absolute Gasteiger partial charge is 0.258 e. The molecule has 0 fully saturated rings. The second kappa shape index (κ2) is 7.34. The van der Waals surface area contributed by atoms with Crippen LogP contribution in [0, 0.1) is 5.82 Å². The van der Waals surface area contributed by atoms with E-state index < -0.39 is 10.8 Å². The van der Waals surface area contributed by atoms with Crippen LogP contribution in [0.15, 0.2) is 84.9 Å². The molecule has 0 amide bonds. The second-order valence-electron chi connectivity index (χ2n) is 5.36. The van der Waals surface area contributed by atoms with Crippen LogP contribution in [-0.2, 0) is 16.6 Å². The van der Waals surface area contributed by atoms with Crippen molar-refractivity contribution in [3.05, 3.63) is 107 Å². The molecule has 23 heavy (non-hydrogen) atoms. The lowest BCUT2D eigenvalue weighted by atomic mass is 10.0. The molecule has 0 radical (unpaired) electrons. The van der Waals surface area contributed by atoms with Gasteiger partial charge in [-0.25, -0.2) is 4.39 Å². The average Bonchev–Trinajstić information content (AvgIpc) is 2.57. The molecule has 3 aromatic carbocycles. The average molecular weight is 324 g/mol. The minimum absolute atomic E-state index is 0.222. The maximum Gasteiger partial charge on any atom is 0.123 e. The fraction of sp³-hybridized carbons (Fsp3) is 0.100. The van der Waals surface area contributed by atoms with Crippen molar-refractivity contribution >= 4 is 10.8 Å². The molecule has 3 heteroatoms. The normalized spacial score (nSPS) is 12.3. The van der Waals surface area contributed by atoms with Crippen molar-refractivity contribution in [3.63, 3.8) is 0 Å². The smallest absolute Gasteiger partial charge is 0.123 e. The Hall–Kier alpha value is -2.26. The maximum absolute atomic E-state index is 13.4. The van der Waals surface area contributed by atoms with Crippen LogP contribution in [0.25, 0.3) is 0 Å². The van der Waals surface area contributed by atoms with Crippen molar-refractivity contribution in [2.24, 2.45) is 0 Å². The first-order valence-corrected chi connectivity index (χ1v) is 8.84. The van der Waals surface area contributed by atoms with Gasteiger partial charge in [0.1, 0.15) is 5.82 Å². The summed E-state index contributed by atoms with van der Waals surface area (Å²) in [6.45, 7) is 0. The van der Waals surface area contributed by atoms with E-state index in [9.17, 15) is 8.60 Å². The van der Waals surface area contributed by atoms with Crippen LogP contribution in [0.1, 0.15) is 21.9 Å². The monoisotopic (exact) mass is 324 g/mol. The highest BCUT2D eigenvalue weighted by molar-refractivity contribution is 7.84. The number of hydrogen-bond donors (Lipinski definition) is 0. The van der Waals surface area contributed by atoms with Crippen LogP contribution in [0.4, 0.5) is 4.39 Å². The van der Waals surface area contributed by atoms with Gasteiger partial charge in [0.25, 0.3) is 0 Å². The lowest BCUT2D eigenvalue weighted by Gasteiger charge is -2.18. The van der Waals surface area contributed by atoms with E-state index in [1.807, 2.05) is 66.7 Å². The van der Waals surface area contributed by atoms with Crippen LogP contribution >= 0.6 is 0 Å². The van der Waals surface area contributed by atoms with Crippen molar-refractivity contribution in [2.45, 2.75) is 11.0 Å². The first-order chi connectivity index (χ1) is 11.2. The van der Waals surface area contributed by atoms with Gasteiger partial charge in [-0.05, 0) is 28.8 Å². The molecule has 0 aliphatic carbocycles. The molecule has 3 rings (SSSR count). The van der Waals surface area contributed by atoms with E-state index in [2.05, 4.69) is 0 Å². The molecule has 0 aromatic heterocycles. The van der Waals surface area contributed by atoms with Gasteiger partial charge in [-0.3, -0.25) is 4.21 Å². The van der Waals surface area contributed by atoms with Gasteiger partial charge >= 0.3 is 0 Å². The quantitative estimate of drug-likeness (QED) is 0.655. The van der Waals surface area contributed by atoms with Crippen molar-refractivity contribution in [2.75, 3.05) is 0 Å². The standard InChI is InChI=1S/C20H17FOS/c21-19-13-7-8-16(14-19)15-23(22)20(17-9-3-1-4-10-17)18-11-5-2-6-12-18/h1-14,20H,15H2. The van der Waals surface area contributed by atoms with Gasteiger partial charge in [-0.1, -0.05) is 72.8 Å². The van der Waals surface area contributed by atoms with E-state index in [0.29, 0.717) is 5.75 Å². The number of benzene rings is 3. The lowest BCUT2D eigenvalue weighted by molar-refractivity contribution is 0.626. The highest BCUT2D eigenvalue weighted by atomic mass is 32.2. The Balaban J connectivity index is 1.94. The van der Waals surface area contributed by atoms with E-state index in [1.165, 1.54) is 12.1 Å². The predicted octanol–water partition coefficient (Wildman–Crippen LogP) is 4.86. The fourth-order valence-corrected chi connectivity index (χ4v) is 4.22. The van der Waals surface area contributed by atoms with Crippen LogP contribution in [0.3, 0.4) is 0 Å². The summed E-state index contributed by atoms with van der Waals surface area (Å²) in [4.78, 5) is 0. The maximum atomic E-state index is 13.4. The molecule has 116 valence electrons. The molecule has 0 aliphatic rings. The SMILES string of the molecule is O=S(Cc1cccc(F)c1)C(c1ccccc1)c1ccccc1. The van der Waals surface area contributed by atoms with Crippen LogP contribution < -0.4 is 0 Å². The highest BCUT2D eigenvalue weighted by Gasteiger charge is 2.21. The van der Waals surface area contributed by atoms with Gasteiger partial charge in [0.2, 0.25) is 0 Å². The summed E-state index contributed by atoms with van der Waals surface area (Å²) >= 11 is 0. The van der Waals surface area contributed by atoms with Crippen LogP contribution in [-0.4, -0.2) is 4.21 Å². The van der Waals surface area contributed by atoms with Gasteiger partial charge in [0, 0.05) is 16.6 Å². The van der Waals surface area contributed by atoms with Crippen molar-refractivity contribution in [3.8, 4) is 0 Å². The highest BCUT2D eigenvalue weighted by Crippen LogP contribution is 2.29. The van der Waals surface area contributed by atoms with E-state index in [4.69, 9.17) is 0 Å². The Bertz CT molecular complexity index is 748. The molecule has 0 aliphatic heterocycles. The third-order valence-electron chi connectivity index (χ3n) is 3.67. The Morgan fingerprint density at radius 3 is 1.87 bits per heavy atom. The first kappa shape index (κ1) is 15.6. The molecule has 0 heterocycles. The van der Waals surface area contributed by atoms with E-state index in [0.717, 1.165) is 16.7 Å². The van der Waals surface area contributed by atoms with Crippen LogP contribution in [0.2, 0.25) is 0 Å². The Kier molecular flexibility index (Phi) is 4.99. The number of halogens is 1. The third kappa shape index (κ3) is 3.93. The van der Waals surface area contributed by atoms with Crippen LogP contribution in [0.5, 0.6) is 0 Å². The van der Waals surface area contributed by atoms with Crippen molar-refractivity contribution in [1.82, 2.24) is 0 Å². The van der Waals surface area contributed by atoms with E-state index in [-0.39, 0.29) is 11.1 Å².